The van der Waals surface area contributed by atoms with Crippen molar-refractivity contribution in [2.75, 3.05) is 58.7 Å². The molecule has 2 aliphatic heterocycles. The predicted octanol–water partition coefficient (Wildman–Crippen LogP) is 5.30. The maximum absolute atomic E-state index is 15.5. The number of anilines is 1. The highest BCUT2D eigenvalue weighted by Crippen LogP contribution is 2.39. The van der Waals surface area contributed by atoms with Crippen LogP contribution in [0, 0.1) is 17.6 Å². The van der Waals surface area contributed by atoms with Crippen LogP contribution in [0.2, 0.25) is 5.02 Å². The molecule has 0 bridgehead atoms. The standard InChI is InChI=1S/C37H40ClF5N8O4/c1-21(52)19-50-20-27(32(46-50)37(41,42)43)24-7-8-26(31(40)30(24)39)29-18-44-33(47(29)2)34(53)45-23-5-6-25(28(38)17-23)36(55)49-13-11-48(12-14-49)35(54)22-9-15-51(3,4)16-10-22/h5-8,17-18,20-22,52H,9-16,19H2,1-4H3/p+1. The molecule has 0 spiro atoms. The quantitative estimate of drug-likeness (QED) is 0.184. The number of quaternary nitrogens is 1. The number of carbonyl (C=O) groups excluding carboxylic acids is 3. The predicted molar refractivity (Wildman–Crippen MR) is 193 cm³/mol. The van der Waals surface area contributed by atoms with Crippen molar-refractivity contribution in [2.24, 2.45) is 13.0 Å². The summed E-state index contributed by atoms with van der Waals surface area (Å²) in [5.74, 6) is -4.19. The molecule has 55 heavy (non-hydrogen) atoms. The van der Waals surface area contributed by atoms with Crippen LogP contribution in [-0.4, -0.2) is 116 Å². The normalized spacial score (nSPS) is 17.0. The first kappa shape index (κ1) is 39.8. The minimum absolute atomic E-state index is 0.00221. The van der Waals surface area contributed by atoms with Gasteiger partial charge in [0.05, 0.1) is 62.3 Å². The lowest BCUT2D eigenvalue weighted by Gasteiger charge is -2.40. The molecule has 4 heterocycles. The number of carbonyl (C=O) groups is 3. The molecule has 6 rings (SSSR count). The second-order valence-corrected chi connectivity index (χ2v) is 15.1. The number of aliphatic hydroxyl groups is 1. The first-order chi connectivity index (χ1) is 25.8. The van der Waals surface area contributed by atoms with Crippen molar-refractivity contribution in [3.63, 3.8) is 0 Å². The fraction of sp³-hybridized carbons (Fsp3) is 0.432. The number of likely N-dealkylation sites (tertiary alicyclic amines) is 1. The molecular formula is C37H41ClF5N8O4+. The van der Waals surface area contributed by atoms with Crippen LogP contribution in [0.15, 0.2) is 42.7 Å². The largest absolute Gasteiger partial charge is 0.435 e. The van der Waals surface area contributed by atoms with Gasteiger partial charge in [-0.25, -0.2) is 13.8 Å². The number of benzene rings is 2. The highest BCUT2D eigenvalue weighted by Gasteiger charge is 2.39. The summed E-state index contributed by atoms with van der Waals surface area (Å²) in [7, 11) is 5.70. The second-order valence-electron chi connectivity index (χ2n) is 14.7. The molecule has 294 valence electrons. The van der Waals surface area contributed by atoms with Gasteiger partial charge in [-0.05, 0) is 31.2 Å². The van der Waals surface area contributed by atoms with Gasteiger partial charge in [-0.1, -0.05) is 17.7 Å². The van der Waals surface area contributed by atoms with E-state index >= 15 is 8.78 Å². The molecule has 12 nitrogen and oxygen atoms in total. The topological polar surface area (TPSA) is 126 Å². The van der Waals surface area contributed by atoms with E-state index in [0.29, 0.717) is 26.2 Å². The highest BCUT2D eigenvalue weighted by molar-refractivity contribution is 6.34. The number of piperidine rings is 1. The summed E-state index contributed by atoms with van der Waals surface area (Å²) in [6.45, 7) is 4.49. The van der Waals surface area contributed by atoms with Gasteiger partial charge in [-0.15, -0.1) is 0 Å². The minimum atomic E-state index is -4.99. The van der Waals surface area contributed by atoms with Gasteiger partial charge in [-0.2, -0.15) is 18.3 Å². The Morgan fingerprint density at radius 3 is 2.22 bits per heavy atom. The Bertz CT molecular complexity index is 2110. The minimum Gasteiger partial charge on any atom is -0.391 e. The summed E-state index contributed by atoms with van der Waals surface area (Å²) in [6, 6.07) is 6.40. The summed E-state index contributed by atoms with van der Waals surface area (Å²) >= 11 is 6.50. The van der Waals surface area contributed by atoms with Crippen molar-refractivity contribution in [1.82, 2.24) is 29.1 Å². The number of nitrogens with zero attached hydrogens (tertiary/aromatic N) is 7. The third kappa shape index (κ3) is 8.38. The van der Waals surface area contributed by atoms with Crippen LogP contribution in [0.25, 0.3) is 22.4 Å². The Balaban J connectivity index is 1.12. The molecule has 18 heteroatoms. The number of rotatable bonds is 8. The lowest BCUT2D eigenvalue weighted by molar-refractivity contribution is -0.895. The molecule has 2 aromatic carbocycles. The molecule has 4 aromatic rings. The SMILES string of the molecule is CC(O)Cn1cc(-c2ccc(-c3cnc(C(=O)Nc4ccc(C(=O)N5CCN(C(=O)C6CC[N+](C)(C)CC6)CC5)c(Cl)c4)n3C)c(F)c2F)c(C(F)(F)F)n1. The smallest absolute Gasteiger partial charge is 0.391 e. The molecule has 2 aromatic heterocycles. The summed E-state index contributed by atoms with van der Waals surface area (Å²) in [5, 5.41) is 15.7. The van der Waals surface area contributed by atoms with E-state index in [1.165, 1.54) is 36.7 Å². The van der Waals surface area contributed by atoms with E-state index in [2.05, 4.69) is 29.5 Å². The van der Waals surface area contributed by atoms with Gasteiger partial charge in [0.15, 0.2) is 23.2 Å². The van der Waals surface area contributed by atoms with E-state index < -0.39 is 46.6 Å². The Labute approximate surface area is 318 Å². The van der Waals surface area contributed by atoms with E-state index in [1.54, 1.807) is 4.90 Å². The first-order valence-corrected chi connectivity index (χ1v) is 18.1. The number of piperazine rings is 1. The van der Waals surface area contributed by atoms with Gasteiger partial charge in [0.25, 0.3) is 11.8 Å². The molecule has 2 fully saturated rings. The number of aromatic nitrogens is 4. The summed E-state index contributed by atoms with van der Waals surface area (Å²) in [5.41, 5.74) is -2.82. The molecular weight excluding hydrogens is 751 g/mol. The number of alkyl halides is 3. The molecule has 1 atom stereocenters. The lowest BCUT2D eigenvalue weighted by atomic mass is 9.94. The van der Waals surface area contributed by atoms with Gasteiger partial charge in [0.1, 0.15) is 0 Å². The van der Waals surface area contributed by atoms with Crippen molar-refractivity contribution in [3.8, 4) is 22.4 Å². The summed E-state index contributed by atoms with van der Waals surface area (Å²) < 4.78 is 75.2. The molecule has 3 amide bonds. The van der Waals surface area contributed by atoms with Gasteiger partial charge < -0.3 is 29.3 Å². The van der Waals surface area contributed by atoms with E-state index in [9.17, 15) is 32.7 Å². The molecule has 2 saturated heterocycles. The van der Waals surface area contributed by atoms with Crippen LogP contribution in [0.1, 0.15) is 46.4 Å². The molecule has 1 unspecified atom stereocenters. The Hall–Kier alpha value is -4.87. The lowest BCUT2D eigenvalue weighted by Crippen LogP contribution is -2.54. The highest BCUT2D eigenvalue weighted by atomic mass is 35.5. The second kappa shape index (κ2) is 15.3. The monoisotopic (exact) mass is 791 g/mol. The molecule has 0 aliphatic carbocycles. The van der Waals surface area contributed by atoms with Gasteiger partial charge in [0, 0.05) is 80.6 Å². The van der Waals surface area contributed by atoms with Crippen molar-refractivity contribution < 1.29 is 45.9 Å². The summed E-state index contributed by atoms with van der Waals surface area (Å²) in [4.78, 5) is 47.3. The fourth-order valence-corrected chi connectivity index (χ4v) is 7.31. The van der Waals surface area contributed by atoms with E-state index in [4.69, 9.17) is 11.6 Å². The van der Waals surface area contributed by atoms with Crippen LogP contribution in [0.4, 0.5) is 27.6 Å². The number of imidazole rings is 1. The zero-order valence-electron chi connectivity index (χ0n) is 30.6. The van der Waals surface area contributed by atoms with Crippen LogP contribution in [-0.2, 0) is 24.6 Å². The first-order valence-electron chi connectivity index (χ1n) is 17.7. The van der Waals surface area contributed by atoms with Gasteiger partial charge >= 0.3 is 6.18 Å². The molecule has 0 saturated carbocycles. The van der Waals surface area contributed by atoms with Gasteiger partial charge in [0.2, 0.25) is 5.91 Å². The third-order valence-corrected chi connectivity index (χ3v) is 10.5. The number of hydrogen-bond donors (Lipinski definition) is 2. The van der Waals surface area contributed by atoms with Crippen molar-refractivity contribution in [2.45, 2.75) is 38.6 Å². The molecule has 2 aliphatic rings. The van der Waals surface area contributed by atoms with Crippen LogP contribution in [0.5, 0.6) is 0 Å². The Kier molecular flexibility index (Phi) is 11.1. The molecule has 0 radical (unpaired) electrons. The number of halogens is 6. The van der Waals surface area contributed by atoms with E-state index in [1.807, 2.05) is 4.90 Å². The zero-order chi connectivity index (χ0) is 40.0. The van der Waals surface area contributed by atoms with Crippen molar-refractivity contribution in [3.05, 3.63) is 76.5 Å². The fourth-order valence-electron chi connectivity index (χ4n) is 7.04. The Morgan fingerprint density at radius 2 is 1.60 bits per heavy atom. The molecule has 2 N–H and O–H groups in total. The van der Waals surface area contributed by atoms with E-state index in [-0.39, 0.29) is 57.6 Å². The number of nitrogens with one attached hydrogen (secondary N) is 1. The van der Waals surface area contributed by atoms with Crippen molar-refractivity contribution in [1.29, 1.82) is 0 Å². The van der Waals surface area contributed by atoms with Crippen LogP contribution < -0.4 is 5.32 Å². The summed E-state index contributed by atoms with van der Waals surface area (Å²) in [6.07, 6.45) is -2.35. The number of aliphatic hydroxyl groups excluding tert-OH is 1. The maximum Gasteiger partial charge on any atom is 0.435 e. The number of amides is 3. The maximum atomic E-state index is 15.5. The van der Waals surface area contributed by atoms with Crippen LogP contribution in [0.3, 0.4) is 0 Å². The van der Waals surface area contributed by atoms with Crippen LogP contribution >= 0.6 is 11.6 Å². The number of hydrogen-bond acceptors (Lipinski definition) is 6. The Morgan fingerprint density at radius 1 is 0.982 bits per heavy atom. The van der Waals surface area contributed by atoms with E-state index in [0.717, 1.165) is 59.6 Å². The third-order valence-electron chi connectivity index (χ3n) is 10.2. The average molecular weight is 792 g/mol. The van der Waals surface area contributed by atoms with Gasteiger partial charge in [-0.3, -0.25) is 19.1 Å². The average Bonchev–Trinajstić information content (AvgIpc) is 3.72. The van der Waals surface area contributed by atoms with Crippen molar-refractivity contribution >= 4 is 35.0 Å². The zero-order valence-corrected chi connectivity index (χ0v) is 31.4.